The molecule has 0 saturated heterocycles. The molecule has 0 amide bonds. The van der Waals surface area contributed by atoms with Crippen molar-refractivity contribution < 1.29 is 9.47 Å². The summed E-state index contributed by atoms with van der Waals surface area (Å²) in [6.45, 7) is 3.35. The van der Waals surface area contributed by atoms with E-state index < -0.39 is 0 Å². The molecule has 0 fully saturated rings. The molecule has 7 heteroatoms. The van der Waals surface area contributed by atoms with Crippen LogP contribution in [0.4, 0.5) is 5.95 Å². The van der Waals surface area contributed by atoms with Crippen LogP contribution in [-0.2, 0) is 0 Å². The van der Waals surface area contributed by atoms with Gasteiger partial charge in [-0.3, -0.25) is 9.88 Å². The molecule has 7 nitrogen and oxygen atoms in total. The molecule has 1 atom stereocenters. The second-order valence-corrected chi connectivity index (χ2v) is 6.57. The van der Waals surface area contributed by atoms with Gasteiger partial charge in [0.15, 0.2) is 23.6 Å². The highest BCUT2D eigenvalue weighted by atomic mass is 16.5. The molecular formula is C19H19N5O2. The van der Waals surface area contributed by atoms with Gasteiger partial charge in [0.25, 0.3) is 0 Å². The highest BCUT2D eigenvalue weighted by Crippen LogP contribution is 2.38. The zero-order valence-corrected chi connectivity index (χ0v) is 14.4. The van der Waals surface area contributed by atoms with Crippen LogP contribution >= 0.6 is 0 Å². The monoisotopic (exact) mass is 349 g/mol. The number of hydrogen-bond acceptors (Lipinski definition) is 6. The third-order valence-corrected chi connectivity index (χ3v) is 4.68. The summed E-state index contributed by atoms with van der Waals surface area (Å²) in [5.41, 5.74) is 10.0. The molecule has 3 heterocycles. The van der Waals surface area contributed by atoms with Gasteiger partial charge in [0.2, 0.25) is 5.95 Å². The van der Waals surface area contributed by atoms with Gasteiger partial charge < -0.3 is 15.2 Å². The number of aryl methyl sites for hydroxylation is 1. The molecule has 132 valence electrons. The van der Waals surface area contributed by atoms with Gasteiger partial charge in [-0.05, 0) is 12.5 Å². The molecule has 1 unspecified atom stereocenters. The molecule has 3 aromatic rings. The summed E-state index contributed by atoms with van der Waals surface area (Å²) in [5, 5.41) is 3.06. The molecule has 0 spiro atoms. The minimum Gasteiger partial charge on any atom is -0.489 e. The Kier molecular flexibility index (Phi) is 3.28. The third-order valence-electron chi connectivity index (χ3n) is 4.68. The molecule has 3 N–H and O–H groups in total. The van der Waals surface area contributed by atoms with Crippen molar-refractivity contribution in [3.05, 3.63) is 47.5 Å². The Bertz CT molecular complexity index is 1020. The average molecular weight is 349 g/mol. The van der Waals surface area contributed by atoms with Gasteiger partial charge >= 0.3 is 0 Å². The first-order valence-electron chi connectivity index (χ1n) is 8.67. The lowest BCUT2D eigenvalue weighted by molar-refractivity contribution is 0.297. The van der Waals surface area contributed by atoms with Crippen molar-refractivity contribution in [1.29, 1.82) is 0 Å². The number of fused-ring (bicyclic) bond motifs is 4. The number of rotatable bonds is 1. The number of anilines is 1. The largest absolute Gasteiger partial charge is 0.489 e. The first kappa shape index (κ1) is 15.1. The van der Waals surface area contributed by atoms with Gasteiger partial charge in [0.1, 0.15) is 0 Å². The fourth-order valence-electron chi connectivity index (χ4n) is 3.39. The van der Waals surface area contributed by atoms with Crippen LogP contribution in [0.25, 0.3) is 11.0 Å². The zero-order chi connectivity index (χ0) is 17.7. The van der Waals surface area contributed by atoms with Crippen molar-refractivity contribution in [3.63, 3.8) is 0 Å². The molecule has 26 heavy (non-hydrogen) atoms. The molecule has 2 aliphatic rings. The highest BCUT2D eigenvalue weighted by molar-refractivity contribution is 5.95. The van der Waals surface area contributed by atoms with Crippen LogP contribution < -0.4 is 20.5 Å². The number of nitrogens with zero attached hydrogens (tertiary/aromatic N) is 3. The van der Waals surface area contributed by atoms with E-state index in [0.717, 1.165) is 34.5 Å². The number of aliphatic imine (C=N–C) groups is 1. The van der Waals surface area contributed by atoms with Gasteiger partial charge in [0.05, 0.1) is 24.2 Å². The summed E-state index contributed by atoms with van der Waals surface area (Å²) in [6.07, 6.45) is 0.591. The van der Waals surface area contributed by atoms with Crippen LogP contribution in [0.3, 0.4) is 0 Å². The molecule has 0 saturated carbocycles. The summed E-state index contributed by atoms with van der Waals surface area (Å²) in [4.78, 5) is 9.30. The van der Waals surface area contributed by atoms with E-state index in [4.69, 9.17) is 20.2 Å². The molecule has 2 aliphatic heterocycles. The molecule has 1 aromatic heterocycles. The Hall–Kier alpha value is -3.22. The number of ether oxygens (including phenoxy) is 2. The van der Waals surface area contributed by atoms with E-state index in [0.29, 0.717) is 25.1 Å². The van der Waals surface area contributed by atoms with E-state index in [1.807, 2.05) is 16.7 Å². The van der Waals surface area contributed by atoms with Crippen LogP contribution in [0.1, 0.15) is 23.7 Å². The Labute approximate surface area is 150 Å². The summed E-state index contributed by atoms with van der Waals surface area (Å²) in [7, 11) is 0. The minimum absolute atomic E-state index is 0.276. The van der Waals surface area contributed by atoms with E-state index in [9.17, 15) is 0 Å². The maximum atomic E-state index is 6.01. The second kappa shape index (κ2) is 5.66. The number of aromatic nitrogens is 2. The molecule has 0 radical (unpaired) electrons. The van der Waals surface area contributed by atoms with Gasteiger partial charge in [-0.2, -0.15) is 0 Å². The predicted octanol–water partition coefficient (Wildman–Crippen LogP) is 2.79. The van der Waals surface area contributed by atoms with E-state index in [2.05, 4.69) is 41.5 Å². The Morgan fingerprint density at radius 1 is 1.12 bits per heavy atom. The summed E-state index contributed by atoms with van der Waals surface area (Å²) in [6, 6.07) is 12.2. The Morgan fingerprint density at radius 3 is 2.62 bits per heavy atom. The van der Waals surface area contributed by atoms with Crippen molar-refractivity contribution in [3.8, 4) is 11.5 Å². The normalized spacial score (nSPS) is 18.7. The van der Waals surface area contributed by atoms with Gasteiger partial charge in [-0.1, -0.05) is 29.8 Å². The molecular weight excluding hydrogens is 330 g/mol. The van der Waals surface area contributed by atoms with Crippen molar-refractivity contribution in [2.45, 2.75) is 19.5 Å². The van der Waals surface area contributed by atoms with Crippen molar-refractivity contribution in [2.75, 3.05) is 18.5 Å². The van der Waals surface area contributed by atoms with E-state index in [1.54, 1.807) is 0 Å². The highest BCUT2D eigenvalue weighted by Gasteiger charge is 2.26. The fourth-order valence-corrected chi connectivity index (χ4v) is 3.39. The van der Waals surface area contributed by atoms with E-state index >= 15 is 0 Å². The lowest BCUT2D eigenvalue weighted by Crippen LogP contribution is -2.31. The maximum Gasteiger partial charge on any atom is 0.212 e. The van der Waals surface area contributed by atoms with Crippen LogP contribution in [-0.4, -0.2) is 28.7 Å². The number of nitrogens with one attached hydrogen (secondary N) is 1. The number of imidazole rings is 1. The van der Waals surface area contributed by atoms with Crippen LogP contribution in [0.5, 0.6) is 11.5 Å². The third kappa shape index (κ3) is 2.35. The average Bonchev–Trinajstić information content (AvgIpc) is 2.81. The summed E-state index contributed by atoms with van der Waals surface area (Å²) < 4.78 is 13.7. The number of guanidine groups is 1. The van der Waals surface area contributed by atoms with Gasteiger partial charge in [0, 0.05) is 18.6 Å². The zero-order valence-electron chi connectivity index (χ0n) is 14.4. The van der Waals surface area contributed by atoms with Crippen molar-refractivity contribution in [1.82, 2.24) is 9.55 Å². The number of hydrogen-bond donors (Lipinski definition) is 2. The topological polar surface area (TPSA) is 86.7 Å². The number of nitrogens with two attached hydrogens (primary N) is 1. The van der Waals surface area contributed by atoms with Crippen LogP contribution in [0.2, 0.25) is 0 Å². The molecule has 5 rings (SSSR count). The van der Waals surface area contributed by atoms with Crippen molar-refractivity contribution in [2.24, 2.45) is 10.7 Å². The molecule has 0 aliphatic carbocycles. The van der Waals surface area contributed by atoms with Crippen LogP contribution in [0, 0.1) is 6.92 Å². The van der Waals surface area contributed by atoms with E-state index in [-0.39, 0.29) is 6.17 Å². The lowest BCUT2D eigenvalue weighted by atomic mass is 10.1. The molecule has 2 aromatic carbocycles. The SMILES string of the molecule is Cc1ccc(C2N=C(N)Nc3nc4cc5c(cc4n32)OCCCO5)cc1. The first-order valence-corrected chi connectivity index (χ1v) is 8.67. The van der Waals surface area contributed by atoms with Crippen LogP contribution in [0.15, 0.2) is 41.4 Å². The Balaban J connectivity index is 1.70. The van der Waals surface area contributed by atoms with Gasteiger partial charge in [-0.25, -0.2) is 9.98 Å². The quantitative estimate of drug-likeness (QED) is 0.705. The molecule has 0 bridgehead atoms. The fraction of sp³-hybridized carbons (Fsp3) is 0.263. The summed E-state index contributed by atoms with van der Waals surface area (Å²) >= 11 is 0. The van der Waals surface area contributed by atoms with E-state index in [1.165, 1.54) is 5.56 Å². The standard InChI is InChI=1S/C19H19N5O2/c1-11-3-5-12(6-4-11)17-22-18(20)23-19-21-13-9-15-16(10-14(13)24(17)19)26-8-2-7-25-15/h3-6,9-10,17H,2,7-8H2,1H3,(H3,20,21,22,23). The predicted molar refractivity (Wildman–Crippen MR) is 99.9 cm³/mol. The first-order chi connectivity index (χ1) is 12.7. The minimum atomic E-state index is -0.276. The lowest BCUT2D eigenvalue weighted by Gasteiger charge is -2.24. The second-order valence-electron chi connectivity index (χ2n) is 6.57. The van der Waals surface area contributed by atoms with Crippen molar-refractivity contribution >= 4 is 22.9 Å². The maximum absolute atomic E-state index is 6.01. The number of benzene rings is 2. The summed E-state index contributed by atoms with van der Waals surface area (Å²) in [5.74, 6) is 2.49. The Morgan fingerprint density at radius 2 is 1.85 bits per heavy atom. The smallest absolute Gasteiger partial charge is 0.212 e. The van der Waals surface area contributed by atoms with Gasteiger partial charge in [-0.15, -0.1) is 0 Å².